The van der Waals surface area contributed by atoms with E-state index in [9.17, 15) is 4.79 Å². The number of benzene rings is 3. The van der Waals surface area contributed by atoms with E-state index < -0.39 is 0 Å². The number of H-pyrrole nitrogens is 1. The second kappa shape index (κ2) is 10.8. The molecule has 0 bridgehead atoms. The minimum atomic E-state index is -0.138. The molecule has 0 saturated heterocycles. The summed E-state index contributed by atoms with van der Waals surface area (Å²) in [5.41, 5.74) is 5.23. The van der Waals surface area contributed by atoms with E-state index in [1.807, 2.05) is 85.8 Å². The predicted molar refractivity (Wildman–Crippen MR) is 131 cm³/mol. The first-order valence-corrected chi connectivity index (χ1v) is 11.2. The van der Waals surface area contributed by atoms with Gasteiger partial charge in [0.05, 0.1) is 13.2 Å². The number of amides is 1. The Morgan fingerprint density at radius 3 is 2.55 bits per heavy atom. The molecule has 3 aromatic carbocycles. The first-order chi connectivity index (χ1) is 16.1. The van der Waals surface area contributed by atoms with Crippen LogP contribution in [-0.2, 0) is 35.8 Å². The number of ether oxygens (including phenoxy) is 1. The van der Waals surface area contributed by atoms with Crippen LogP contribution in [0.15, 0.2) is 78.9 Å². The van der Waals surface area contributed by atoms with Crippen molar-refractivity contribution in [1.29, 1.82) is 0 Å². The zero-order valence-corrected chi connectivity index (χ0v) is 19.3. The number of nitrogens with one attached hydrogen (secondary N) is 2. The van der Waals surface area contributed by atoms with Gasteiger partial charge in [0, 0.05) is 12.1 Å². The number of aromatic nitrogens is 3. The number of hydrogen-bond acceptors (Lipinski definition) is 4. The second-order valence-electron chi connectivity index (χ2n) is 7.83. The van der Waals surface area contributed by atoms with Gasteiger partial charge in [0.25, 0.3) is 0 Å². The van der Waals surface area contributed by atoms with E-state index in [0.29, 0.717) is 30.4 Å². The monoisotopic (exact) mass is 458 g/mol. The zero-order chi connectivity index (χ0) is 23.0. The third kappa shape index (κ3) is 6.03. The summed E-state index contributed by atoms with van der Waals surface area (Å²) in [6, 6.07) is 26.0. The van der Waals surface area contributed by atoms with Crippen LogP contribution in [0.5, 0.6) is 0 Å². The first kappa shape index (κ1) is 22.6. The summed E-state index contributed by atoms with van der Waals surface area (Å²) < 4.78 is 8.02. The Morgan fingerprint density at radius 1 is 1.00 bits per heavy atom. The second-order valence-corrected chi connectivity index (χ2v) is 8.22. The van der Waals surface area contributed by atoms with E-state index in [1.165, 1.54) is 0 Å². The van der Waals surface area contributed by atoms with E-state index in [1.54, 1.807) is 4.57 Å². The van der Waals surface area contributed by atoms with E-state index >= 15 is 0 Å². The lowest BCUT2D eigenvalue weighted by atomic mass is 10.1. The molecule has 0 saturated carbocycles. The average Bonchev–Trinajstić information content (AvgIpc) is 3.19. The molecule has 0 aliphatic heterocycles. The predicted octanol–water partition coefficient (Wildman–Crippen LogP) is 4.95. The summed E-state index contributed by atoms with van der Waals surface area (Å²) in [6.45, 7) is 3.54. The highest BCUT2D eigenvalue weighted by molar-refractivity contribution is 7.71. The van der Waals surface area contributed by atoms with Gasteiger partial charge in [-0.3, -0.25) is 14.5 Å². The molecule has 0 atom stereocenters. The fourth-order valence-electron chi connectivity index (χ4n) is 3.59. The molecule has 4 aromatic rings. The van der Waals surface area contributed by atoms with Crippen molar-refractivity contribution in [1.82, 2.24) is 20.1 Å². The molecule has 1 amide bonds. The average molecular weight is 459 g/mol. The maximum Gasteiger partial charge on any atom is 0.240 e. The number of carbonyl (C=O) groups is 1. The van der Waals surface area contributed by atoms with Crippen molar-refractivity contribution in [2.75, 3.05) is 0 Å². The van der Waals surface area contributed by atoms with Crippen molar-refractivity contribution in [3.05, 3.63) is 106 Å². The number of nitrogens with zero attached hydrogens (tertiary/aromatic N) is 2. The van der Waals surface area contributed by atoms with Crippen molar-refractivity contribution >= 4 is 18.1 Å². The molecule has 0 aliphatic carbocycles. The van der Waals surface area contributed by atoms with Crippen molar-refractivity contribution in [2.45, 2.75) is 33.2 Å². The normalized spacial score (nSPS) is 10.8. The molecular weight excluding hydrogens is 432 g/mol. The van der Waals surface area contributed by atoms with Crippen LogP contribution in [0.1, 0.15) is 22.3 Å². The van der Waals surface area contributed by atoms with Gasteiger partial charge < -0.3 is 10.1 Å². The molecule has 2 N–H and O–H groups in total. The Balaban J connectivity index is 1.37. The fraction of sp³-hybridized carbons (Fsp3) is 0.192. The van der Waals surface area contributed by atoms with Crippen LogP contribution in [0, 0.1) is 11.7 Å². The summed E-state index contributed by atoms with van der Waals surface area (Å²) in [5, 5.41) is 10.1. The van der Waals surface area contributed by atoms with Gasteiger partial charge in [-0.05, 0) is 41.9 Å². The molecule has 33 heavy (non-hydrogen) atoms. The van der Waals surface area contributed by atoms with Crippen LogP contribution < -0.4 is 5.32 Å². The number of hydrogen-bond donors (Lipinski definition) is 2. The summed E-state index contributed by atoms with van der Waals surface area (Å²) in [4.78, 5) is 12.7. The topological polar surface area (TPSA) is 71.9 Å². The fourth-order valence-corrected chi connectivity index (χ4v) is 3.78. The van der Waals surface area contributed by atoms with Crippen LogP contribution in [-0.4, -0.2) is 20.7 Å². The van der Waals surface area contributed by atoms with Gasteiger partial charge in [-0.15, -0.1) is 0 Å². The number of rotatable bonds is 9. The Bertz CT molecular complexity index is 1280. The minimum Gasteiger partial charge on any atom is -0.372 e. The van der Waals surface area contributed by atoms with Crippen LogP contribution in [0.25, 0.3) is 11.4 Å². The maximum atomic E-state index is 12.7. The van der Waals surface area contributed by atoms with Gasteiger partial charge >= 0.3 is 0 Å². The summed E-state index contributed by atoms with van der Waals surface area (Å²) in [6.07, 6.45) is 0. The number of aryl methyl sites for hydroxylation is 1. The third-order valence-corrected chi connectivity index (χ3v) is 5.61. The molecule has 0 radical (unpaired) electrons. The Hall–Kier alpha value is -3.55. The largest absolute Gasteiger partial charge is 0.372 e. The third-order valence-electron chi connectivity index (χ3n) is 5.30. The summed E-state index contributed by atoms with van der Waals surface area (Å²) in [5.74, 6) is 0.509. The van der Waals surface area contributed by atoms with E-state index in [-0.39, 0.29) is 12.5 Å². The van der Waals surface area contributed by atoms with Crippen molar-refractivity contribution in [2.24, 2.45) is 0 Å². The summed E-state index contributed by atoms with van der Waals surface area (Å²) in [7, 11) is 0. The molecule has 4 rings (SSSR count). The van der Waals surface area contributed by atoms with Crippen LogP contribution in [0.3, 0.4) is 0 Å². The molecule has 0 spiro atoms. The molecule has 0 fully saturated rings. The van der Waals surface area contributed by atoms with Gasteiger partial charge in [-0.2, -0.15) is 5.10 Å². The van der Waals surface area contributed by atoms with Crippen LogP contribution >= 0.6 is 12.2 Å². The smallest absolute Gasteiger partial charge is 0.240 e. The lowest BCUT2D eigenvalue weighted by Crippen LogP contribution is -2.28. The molecule has 0 aliphatic rings. The molecule has 1 aromatic heterocycles. The van der Waals surface area contributed by atoms with Crippen molar-refractivity contribution in [3.8, 4) is 11.4 Å². The van der Waals surface area contributed by atoms with E-state index in [2.05, 4.69) is 15.5 Å². The first-order valence-electron chi connectivity index (χ1n) is 10.8. The van der Waals surface area contributed by atoms with E-state index in [0.717, 1.165) is 27.8 Å². The highest BCUT2D eigenvalue weighted by Gasteiger charge is 2.13. The Labute approximate surface area is 198 Å². The quantitative estimate of drug-likeness (QED) is 0.348. The summed E-state index contributed by atoms with van der Waals surface area (Å²) >= 11 is 5.36. The Morgan fingerprint density at radius 2 is 1.76 bits per heavy atom. The maximum absolute atomic E-state index is 12.7. The standard InChI is InChI=1S/C26H26N4O2S/c1-19-8-7-13-21(14-19)25-28-29-26(33)30(25)16-24(31)27-15-22-11-5-6-12-23(22)18-32-17-20-9-3-2-4-10-20/h2-14H,15-18H2,1H3,(H,27,31)(H,29,33). The molecule has 1 heterocycles. The lowest BCUT2D eigenvalue weighted by Gasteiger charge is -2.12. The van der Waals surface area contributed by atoms with Gasteiger partial charge in [-0.1, -0.05) is 78.4 Å². The number of carbonyl (C=O) groups excluding carboxylic acids is 1. The molecule has 7 heteroatoms. The number of aromatic amines is 1. The molecule has 0 unspecified atom stereocenters. The molecular formula is C26H26N4O2S. The van der Waals surface area contributed by atoms with E-state index in [4.69, 9.17) is 17.0 Å². The zero-order valence-electron chi connectivity index (χ0n) is 18.5. The highest BCUT2D eigenvalue weighted by atomic mass is 32.1. The lowest BCUT2D eigenvalue weighted by molar-refractivity contribution is -0.121. The Kier molecular flexibility index (Phi) is 7.44. The van der Waals surface area contributed by atoms with Gasteiger partial charge in [-0.25, -0.2) is 0 Å². The highest BCUT2D eigenvalue weighted by Crippen LogP contribution is 2.18. The SMILES string of the molecule is Cc1cccc(-c2n[nH]c(=S)n2CC(=O)NCc2ccccc2COCc2ccccc2)c1. The van der Waals surface area contributed by atoms with Crippen molar-refractivity contribution < 1.29 is 9.53 Å². The van der Waals surface area contributed by atoms with Crippen LogP contribution in [0.2, 0.25) is 0 Å². The minimum absolute atomic E-state index is 0.0886. The van der Waals surface area contributed by atoms with Gasteiger partial charge in [0.2, 0.25) is 5.91 Å². The van der Waals surface area contributed by atoms with Crippen molar-refractivity contribution in [3.63, 3.8) is 0 Å². The molecule has 6 nitrogen and oxygen atoms in total. The van der Waals surface area contributed by atoms with Gasteiger partial charge in [0.15, 0.2) is 10.6 Å². The van der Waals surface area contributed by atoms with Crippen LogP contribution in [0.4, 0.5) is 0 Å². The van der Waals surface area contributed by atoms with Gasteiger partial charge in [0.1, 0.15) is 6.54 Å². The molecule has 168 valence electrons.